The molecule has 0 radical (unpaired) electrons. The molecule has 3 fully saturated rings. The van der Waals surface area contributed by atoms with Crippen molar-refractivity contribution in [2.75, 3.05) is 10.6 Å². The number of nitrogens with two attached hydrogens (primary N) is 1. The fourth-order valence-corrected chi connectivity index (χ4v) is 5.49. The van der Waals surface area contributed by atoms with Crippen LogP contribution in [0.1, 0.15) is 69.5 Å². The van der Waals surface area contributed by atoms with Crippen LogP contribution in [0.2, 0.25) is 0 Å². The maximum Gasteiger partial charge on any atom is 0.227 e. The highest BCUT2D eigenvalue weighted by Crippen LogP contribution is 2.39. The molecule has 1 aliphatic heterocycles. The first-order valence-electron chi connectivity index (χ1n) is 12.7. The minimum absolute atomic E-state index is 0.201. The summed E-state index contributed by atoms with van der Waals surface area (Å²) < 4.78 is 7.68. The third-order valence-electron chi connectivity index (χ3n) is 7.51. The van der Waals surface area contributed by atoms with Gasteiger partial charge in [0.15, 0.2) is 29.3 Å². The molecular formula is C22H33N11O3. The van der Waals surface area contributed by atoms with Crippen LogP contribution in [-0.4, -0.2) is 80.3 Å². The smallest absolute Gasteiger partial charge is 0.227 e. The van der Waals surface area contributed by atoms with Gasteiger partial charge in [-0.25, -0.2) is 4.98 Å². The summed E-state index contributed by atoms with van der Waals surface area (Å²) in [5.74, 6) is 1.35. The first-order valence-corrected chi connectivity index (χ1v) is 12.7. The molecular weight excluding hydrogens is 466 g/mol. The molecule has 6 N–H and O–H groups in total. The molecule has 4 heterocycles. The maximum atomic E-state index is 10.9. The molecule has 2 aliphatic carbocycles. The number of aromatic nitrogens is 8. The van der Waals surface area contributed by atoms with E-state index in [0.717, 1.165) is 38.5 Å². The predicted molar refractivity (Wildman–Crippen MR) is 129 cm³/mol. The van der Waals surface area contributed by atoms with E-state index in [0.29, 0.717) is 29.0 Å². The summed E-state index contributed by atoms with van der Waals surface area (Å²) in [6.45, 7) is 0. The van der Waals surface area contributed by atoms with E-state index >= 15 is 0 Å². The van der Waals surface area contributed by atoms with Crippen molar-refractivity contribution in [3.63, 3.8) is 0 Å². The molecule has 3 aromatic rings. The molecule has 3 aromatic heterocycles. The summed E-state index contributed by atoms with van der Waals surface area (Å²) in [7, 11) is 1.62. The average Bonchev–Trinajstić information content (AvgIpc) is 3.66. The average molecular weight is 500 g/mol. The van der Waals surface area contributed by atoms with Crippen LogP contribution < -0.4 is 16.4 Å². The first-order chi connectivity index (χ1) is 17.5. The molecule has 4 atom stereocenters. The summed E-state index contributed by atoms with van der Waals surface area (Å²) in [5, 5.41) is 40.5. The Morgan fingerprint density at radius 1 is 1.00 bits per heavy atom. The number of aliphatic hydroxyl groups excluding tert-OH is 2. The number of rotatable bonds is 6. The van der Waals surface area contributed by atoms with Crippen molar-refractivity contribution in [1.29, 1.82) is 0 Å². The molecule has 194 valence electrons. The normalized spacial score (nSPS) is 31.3. The number of nitrogens with zero attached hydrogens (tertiary/aromatic N) is 8. The number of ether oxygens (including phenoxy) is 1. The van der Waals surface area contributed by atoms with E-state index in [2.05, 4.69) is 31.0 Å². The minimum Gasteiger partial charge on any atom is -0.387 e. The summed E-state index contributed by atoms with van der Waals surface area (Å²) in [5.41, 5.74) is 7.17. The van der Waals surface area contributed by atoms with Crippen molar-refractivity contribution < 1.29 is 14.9 Å². The summed E-state index contributed by atoms with van der Waals surface area (Å²) in [6, 6.07) is 0.813. The Bertz CT molecular complexity index is 1200. The lowest BCUT2D eigenvalue weighted by molar-refractivity contribution is -0.0384. The van der Waals surface area contributed by atoms with Gasteiger partial charge in [0.1, 0.15) is 12.2 Å². The zero-order chi connectivity index (χ0) is 24.8. The van der Waals surface area contributed by atoms with E-state index in [1.54, 1.807) is 17.9 Å². The van der Waals surface area contributed by atoms with Crippen LogP contribution in [0.3, 0.4) is 0 Å². The quantitative estimate of drug-likeness (QED) is 0.314. The standard InChI is InChI=1S/C22H33N11O3/c1-32-30-19(29-31-32)17-15(34)16(35)21(36-17)33-10-24-14-18(25-12-4-2-3-5-12)27-22(28-20(14)33)26-13-8-6-11(23)7-9-13/h10-13,15-17,21,34-35H,2-9,23H2,1H3,(H2,25,26,27,28)/t11-,13-,15-,16+,17-,21+/m0/s1. The number of hydrogen-bond donors (Lipinski definition) is 5. The van der Waals surface area contributed by atoms with Gasteiger partial charge in [-0.1, -0.05) is 12.8 Å². The molecule has 3 aliphatic rings. The molecule has 0 bridgehead atoms. The monoisotopic (exact) mass is 499 g/mol. The highest BCUT2D eigenvalue weighted by Gasteiger charge is 2.47. The lowest BCUT2D eigenvalue weighted by Gasteiger charge is -2.27. The molecule has 2 saturated carbocycles. The minimum atomic E-state index is -1.24. The van der Waals surface area contributed by atoms with Crippen LogP contribution in [0.4, 0.5) is 11.8 Å². The zero-order valence-electron chi connectivity index (χ0n) is 20.2. The molecule has 0 spiro atoms. The van der Waals surface area contributed by atoms with Crippen LogP contribution in [0.5, 0.6) is 0 Å². The molecule has 36 heavy (non-hydrogen) atoms. The van der Waals surface area contributed by atoms with Crippen molar-refractivity contribution in [2.24, 2.45) is 12.8 Å². The molecule has 1 saturated heterocycles. The van der Waals surface area contributed by atoms with Crippen LogP contribution in [0.15, 0.2) is 6.33 Å². The molecule has 0 unspecified atom stereocenters. The van der Waals surface area contributed by atoms with E-state index in [1.807, 2.05) is 0 Å². The summed E-state index contributed by atoms with van der Waals surface area (Å²) in [6.07, 6.45) is 5.59. The van der Waals surface area contributed by atoms with E-state index in [1.165, 1.54) is 17.6 Å². The third kappa shape index (κ3) is 4.38. The van der Waals surface area contributed by atoms with Gasteiger partial charge in [-0.3, -0.25) is 4.57 Å². The van der Waals surface area contributed by atoms with Gasteiger partial charge in [0.05, 0.1) is 13.4 Å². The highest BCUT2D eigenvalue weighted by atomic mass is 16.6. The van der Waals surface area contributed by atoms with Gasteiger partial charge in [-0.05, 0) is 43.7 Å². The Labute approximate surface area is 207 Å². The summed E-state index contributed by atoms with van der Waals surface area (Å²) in [4.78, 5) is 15.4. The number of tetrazole rings is 1. The Kier molecular flexibility index (Phi) is 6.19. The van der Waals surface area contributed by atoms with Gasteiger partial charge < -0.3 is 31.3 Å². The number of aryl methyl sites for hydroxylation is 1. The van der Waals surface area contributed by atoms with Crippen LogP contribution >= 0.6 is 0 Å². The zero-order valence-corrected chi connectivity index (χ0v) is 20.2. The van der Waals surface area contributed by atoms with Gasteiger partial charge in [-0.2, -0.15) is 14.8 Å². The van der Waals surface area contributed by atoms with E-state index in [4.69, 9.17) is 20.4 Å². The van der Waals surface area contributed by atoms with Crippen molar-refractivity contribution in [2.45, 2.75) is 94.0 Å². The second-order valence-electron chi connectivity index (χ2n) is 10.2. The van der Waals surface area contributed by atoms with Gasteiger partial charge in [0.25, 0.3) is 0 Å². The molecule has 14 heteroatoms. The molecule has 6 rings (SSSR count). The predicted octanol–water partition coefficient (Wildman–Crippen LogP) is 0.378. The lowest BCUT2D eigenvalue weighted by Crippen LogP contribution is -2.33. The SMILES string of the molecule is Cn1nnc([C@H]2O[C@@H](n3cnc4c(NC5CCCC5)nc(N[C@H]5CC[C@H](N)CC5)nc43)[C@H](O)[C@@H]2O)n1. The Morgan fingerprint density at radius 3 is 2.47 bits per heavy atom. The summed E-state index contributed by atoms with van der Waals surface area (Å²) >= 11 is 0. The van der Waals surface area contributed by atoms with Crippen LogP contribution in [0, 0.1) is 0 Å². The van der Waals surface area contributed by atoms with Gasteiger partial charge in [0, 0.05) is 18.1 Å². The largest absolute Gasteiger partial charge is 0.387 e. The molecule has 14 nitrogen and oxygen atoms in total. The van der Waals surface area contributed by atoms with E-state index in [-0.39, 0.29) is 17.9 Å². The van der Waals surface area contributed by atoms with Gasteiger partial charge in [0.2, 0.25) is 11.8 Å². The Balaban J connectivity index is 1.34. The number of fused-ring (bicyclic) bond motifs is 1. The fraction of sp³-hybridized carbons (Fsp3) is 0.727. The molecule has 0 aromatic carbocycles. The fourth-order valence-electron chi connectivity index (χ4n) is 5.49. The number of aliphatic hydroxyl groups is 2. The third-order valence-corrected chi connectivity index (χ3v) is 7.51. The topological polar surface area (TPSA) is 187 Å². The maximum absolute atomic E-state index is 10.9. The Hall–Kier alpha value is -2.94. The lowest BCUT2D eigenvalue weighted by atomic mass is 9.92. The van der Waals surface area contributed by atoms with Gasteiger partial charge in [-0.15, -0.1) is 10.2 Å². The van der Waals surface area contributed by atoms with Crippen LogP contribution in [-0.2, 0) is 11.8 Å². The van der Waals surface area contributed by atoms with Crippen molar-refractivity contribution in [3.05, 3.63) is 12.2 Å². The van der Waals surface area contributed by atoms with Gasteiger partial charge >= 0.3 is 0 Å². The second kappa shape index (κ2) is 9.50. The Morgan fingerprint density at radius 2 is 1.75 bits per heavy atom. The van der Waals surface area contributed by atoms with E-state index in [9.17, 15) is 10.2 Å². The number of nitrogens with one attached hydrogen (secondary N) is 2. The number of imidazole rings is 1. The van der Waals surface area contributed by atoms with E-state index < -0.39 is 24.5 Å². The van der Waals surface area contributed by atoms with Crippen molar-refractivity contribution in [3.8, 4) is 0 Å². The molecule has 0 amide bonds. The van der Waals surface area contributed by atoms with Crippen molar-refractivity contribution in [1.82, 2.24) is 39.7 Å². The second-order valence-corrected chi connectivity index (χ2v) is 10.2. The highest BCUT2D eigenvalue weighted by molar-refractivity contribution is 5.84. The van der Waals surface area contributed by atoms with Crippen molar-refractivity contribution >= 4 is 22.9 Å². The number of anilines is 2. The first kappa shape index (κ1) is 23.5. The van der Waals surface area contributed by atoms with Crippen LogP contribution in [0.25, 0.3) is 11.2 Å². The number of hydrogen-bond acceptors (Lipinski definition) is 12.